The van der Waals surface area contributed by atoms with E-state index in [4.69, 9.17) is 0 Å². The molecule has 188 valence electrons. The summed E-state index contributed by atoms with van der Waals surface area (Å²) >= 11 is 1.30. The van der Waals surface area contributed by atoms with Gasteiger partial charge in [0.15, 0.2) is 0 Å². The fraction of sp³-hybridized carbons (Fsp3) is 0.250. The summed E-state index contributed by atoms with van der Waals surface area (Å²) in [7, 11) is 0. The summed E-state index contributed by atoms with van der Waals surface area (Å²) in [6.45, 7) is 11.1. The van der Waals surface area contributed by atoms with Crippen molar-refractivity contribution in [3.05, 3.63) is 127 Å². The van der Waals surface area contributed by atoms with E-state index in [9.17, 15) is 0 Å². The quantitative estimate of drug-likeness (QED) is 0.181. The van der Waals surface area contributed by atoms with Crippen LogP contribution >= 0.6 is 24.8 Å². The van der Waals surface area contributed by atoms with Crippen LogP contribution in [0, 0.1) is 37.0 Å². The zero-order chi connectivity index (χ0) is 23.6. The van der Waals surface area contributed by atoms with E-state index in [1.165, 1.54) is 57.6 Å². The molecule has 5 rings (SSSR count). The van der Waals surface area contributed by atoms with Gasteiger partial charge in [0.2, 0.25) is 0 Å². The van der Waals surface area contributed by atoms with Gasteiger partial charge in [-0.15, -0.1) is 30.4 Å². The van der Waals surface area contributed by atoms with Crippen LogP contribution in [-0.2, 0) is 30.7 Å². The van der Waals surface area contributed by atoms with E-state index < -0.39 is 0 Å². The number of hydrogen-bond donors (Lipinski definition) is 0. The van der Waals surface area contributed by atoms with Crippen molar-refractivity contribution in [3.8, 4) is 11.1 Å². The first-order valence-electron chi connectivity index (χ1n) is 11.0. The molecule has 1 atom stereocenters. The van der Waals surface area contributed by atoms with Crippen LogP contribution in [0.15, 0.2) is 90.0 Å². The Bertz CT molecular complexity index is 976. The third-order valence-electron chi connectivity index (χ3n) is 5.30. The third-order valence-corrected chi connectivity index (χ3v) is 5.30. The van der Waals surface area contributed by atoms with Gasteiger partial charge >= 0.3 is 28.4 Å². The second-order valence-electron chi connectivity index (χ2n) is 8.86. The van der Waals surface area contributed by atoms with Crippen molar-refractivity contribution in [2.75, 3.05) is 0 Å². The van der Waals surface area contributed by atoms with Gasteiger partial charge < -0.3 is 7.43 Å². The smallest absolute Gasteiger partial charge is 0.0253 e. The molecule has 0 aliphatic heterocycles. The summed E-state index contributed by atoms with van der Waals surface area (Å²) in [6, 6.07) is 30.6. The zero-order valence-electron chi connectivity index (χ0n) is 21.8. The predicted octanol–water partition coefficient (Wildman–Crippen LogP) is 9.16. The van der Waals surface area contributed by atoms with Crippen molar-refractivity contribution in [3.63, 3.8) is 0 Å². The molecule has 35 heavy (non-hydrogen) atoms. The molecule has 0 nitrogen and oxygen atoms in total. The van der Waals surface area contributed by atoms with E-state index >= 15 is 0 Å². The second-order valence-corrected chi connectivity index (χ2v) is 8.86. The molecule has 3 heteroatoms. The first kappa shape index (κ1) is 35.6. The molecule has 0 heterocycles. The van der Waals surface area contributed by atoms with Crippen molar-refractivity contribution in [1.29, 1.82) is 0 Å². The molecule has 0 bridgehead atoms. The molecule has 0 fully saturated rings. The molecule has 1 unspecified atom stereocenters. The van der Waals surface area contributed by atoms with Gasteiger partial charge in [0.1, 0.15) is 0 Å². The van der Waals surface area contributed by atoms with Gasteiger partial charge in [0.05, 0.1) is 0 Å². The van der Waals surface area contributed by atoms with E-state index in [1.54, 1.807) is 0 Å². The van der Waals surface area contributed by atoms with Crippen molar-refractivity contribution < 1.29 is 24.2 Å². The van der Waals surface area contributed by atoms with Crippen molar-refractivity contribution in [1.82, 2.24) is 0 Å². The van der Waals surface area contributed by atoms with Gasteiger partial charge in [-0.3, -0.25) is 6.08 Å². The normalized spacial score (nSPS) is 13.9. The van der Waals surface area contributed by atoms with Crippen LogP contribution in [0.2, 0.25) is 0 Å². The average Bonchev–Trinajstić information content (AvgIpc) is 3.36. The first-order chi connectivity index (χ1) is 15.4. The molecule has 0 N–H and O–H groups in total. The van der Waals surface area contributed by atoms with Crippen molar-refractivity contribution >= 4 is 29.0 Å². The van der Waals surface area contributed by atoms with E-state index in [0.717, 1.165) is 6.42 Å². The summed E-state index contributed by atoms with van der Waals surface area (Å²) in [5.74, 6) is 0.518. The molecule has 2 aliphatic carbocycles. The van der Waals surface area contributed by atoms with E-state index in [1.807, 2.05) is 36.4 Å². The first-order valence-corrected chi connectivity index (χ1v) is 12.8. The maximum Gasteiger partial charge on any atom is -0.0253 e. The molecular formula is C32H38Cl2Zr-4. The average molecular weight is 585 g/mol. The van der Waals surface area contributed by atoms with Crippen molar-refractivity contribution in [2.24, 2.45) is 11.3 Å². The van der Waals surface area contributed by atoms with Gasteiger partial charge in [0.25, 0.3) is 0 Å². The number of rotatable bonds is 0. The standard InChI is InChI=1S/C13H9.C11H17.C6H5.CH3.CH2.2ClH.Zr/c1-3-7-12-10(5-1)9-11-6-2-4-8-13(11)12;1-8-6-9(2)10(7-8)11(3,4)5;1-2-4-6-5-3-1;;;;;/h1-5,7-8H,9H2;7-8H,1-5H3;1-5H;1H3;1H2;2*1H;/q4*-1;;;;. The molecule has 3 aromatic carbocycles. The Morgan fingerprint density at radius 3 is 1.91 bits per heavy atom. The Hall–Kier alpha value is -1.53. The van der Waals surface area contributed by atoms with Crippen LogP contribution in [0.5, 0.6) is 0 Å². The number of allylic oxidation sites excluding steroid dienone is 4. The van der Waals surface area contributed by atoms with E-state index in [0.29, 0.717) is 11.3 Å². The Morgan fingerprint density at radius 1 is 0.857 bits per heavy atom. The Kier molecular flexibility index (Phi) is 18.2. The minimum atomic E-state index is 0. The Labute approximate surface area is 242 Å². The fourth-order valence-electron chi connectivity index (χ4n) is 3.99. The fourth-order valence-corrected chi connectivity index (χ4v) is 3.99. The van der Waals surface area contributed by atoms with Gasteiger partial charge in [-0.1, -0.05) is 81.3 Å². The zero-order valence-corrected chi connectivity index (χ0v) is 25.9. The van der Waals surface area contributed by atoms with Crippen LogP contribution in [-0.4, -0.2) is 4.21 Å². The van der Waals surface area contributed by atoms with Gasteiger partial charge in [-0.25, -0.2) is 5.57 Å². The van der Waals surface area contributed by atoms with Crippen LogP contribution in [0.3, 0.4) is 0 Å². The summed E-state index contributed by atoms with van der Waals surface area (Å²) in [4.78, 5) is 0. The Balaban J connectivity index is 0. The molecule has 3 aromatic rings. The van der Waals surface area contributed by atoms with E-state index in [-0.39, 0.29) is 32.2 Å². The Morgan fingerprint density at radius 2 is 1.46 bits per heavy atom. The summed E-state index contributed by atoms with van der Waals surface area (Å²) < 4.78 is 3.34. The molecule has 0 radical (unpaired) electrons. The summed E-state index contributed by atoms with van der Waals surface area (Å²) in [5, 5.41) is 0. The topological polar surface area (TPSA) is 0 Å². The number of halogens is 2. The van der Waals surface area contributed by atoms with E-state index in [2.05, 4.69) is 99.5 Å². The van der Waals surface area contributed by atoms with Gasteiger partial charge in [-0.05, 0) is 6.42 Å². The van der Waals surface area contributed by atoms with Crippen LogP contribution < -0.4 is 0 Å². The molecule has 0 aromatic heterocycles. The SMILES string of the molecule is CC1=[C-]C(C)C=C1C(C)(C)C.Cl.Cl.[CH2]=[Zr].[CH3-].[c-]1cccc2c1Cc1ccccc1-2.[c-]1ccccc1. The number of hydrogen-bond acceptors (Lipinski definition) is 0. The minimum absolute atomic E-state index is 0. The third kappa shape index (κ3) is 11.0. The molecule has 0 spiro atoms. The largest absolute Gasteiger partial charge is 0.358 e. The molecule has 0 saturated heterocycles. The van der Waals surface area contributed by atoms with Crippen LogP contribution in [0.25, 0.3) is 11.1 Å². The minimum Gasteiger partial charge on any atom is -0.358 e. The van der Waals surface area contributed by atoms with Crippen molar-refractivity contribution in [2.45, 2.75) is 41.0 Å². The monoisotopic (exact) mass is 582 g/mol. The summed E-state index contributed by atoms with van der Waals surface area (Å²) in [6.07, 6.45) is 6.76. The van der Waals surface area contributed by atoms with Gasteiger partial charge in [0, 0.05) is 0 Å². The second kappa shape index (κ2) is 17.8. The predicted molar refractivity (Wildman–Crippen MR) is 156 cm³/mol. The number of fused-ring (bicyclic) bond motifs is 3. The maximum atomic E-state index is 3.40. The van der Waals surface area contributed by atoms with Gasteiger partial charge in [-0.2, -0.15) is 77.9 Å². The summed E-state index contributed by atoms with van der Waals surface area (Å²) in [5.41, 5.74) is 8.60. The van der Waals surface area contributed by atoms with Crippen LogP contribution in [0.1, 0.15) is 45.7 Å². The molecule has 2 aliphatic rings. The molecule has 0 saturated carbocycles. The maximum absolute atomic E-state index is 3.40. The molecule has 0 amide bonds. The van der Waals surface area contributed by atoms with Crippen LogP contribution in [0.4, 0.5) is 0 Å². The number of benzene rings is 3. The molecular weight excluding hydrogens is 546 g/mol.